The van der Waals surface area contributed by atoms with Crippen LogP contribution >= 0.6 is 15.9 Å². The fraction of sp³-hybridized carbons (Fsp3) is 0.214. The summed E-state index contributed by atoms with van der Waals surface area (Å²) in [5.74, 6) is 1.30. The zero-order valence-electron chi connectivity index (χ0n) is 10.7. The van der Waals surface area contributed by atoms with Crippen molar-refractivity contribution in [2.75, 3.05) is 14.2 Å². The summed E-state index contributed by atoms with van der Waals surface area (Å²) >= 11 is 3.38. The Kier molecular flexibility index (Phi) is 4.27. The zero-order valence-corrected chi connectivity index (χ0v) is 12.3. The smallest absolute Gasteiger partial charge is 0.255 e. The van der Waals surface area contributed by atoms with Crippen LogP contribution in [0.4, 0.5) is 0 Å². The predicted octanol–water partition coefficient (Wildman–Crippen LogP) is 3.32. The van der Waals surface area contributed by atoms with E-state index in [0.717, 1.165) is 10.2 Å². The van der Waals surface area contributed by atoms with Crippen LogP contribution in [0.25, 0.3) is 0 Å². The Hall–Kier alpha value is -1.75. The summed E-state index contributed by atoms with van der Waals surface area (Å²) in [4.78, 5) is 14.0. The summed E-state index contributed by atoms with van der Waals surface area (Å²) in [6.07, 6.45) is 1.59. The lowest BCUT2D eigenvalue weighted by molar-refractivity contribution is 0.0774. The highest BCUT2D eigenvalue weighted by atomic mass is 79.9. The zero-order chi connectivity index (χ0) is 13.8. The largest absolute Gasteiger partial charge is 0.497 e. The molecule has 1 aromatic carbocycles. The van der Waals surface area contributed by atoms with Crippen LogP contribution < -0.4 is 4.74 Å². The molecule has 100 valence electrons. The molecule has 2 rings (SSSR count). The number of hydrogen-bond donors (Lipinski definition) is 0. The molecule has 2 aromatic rings. The molecule has 1 heterocycles. The number of ether oxygens (including phenoxy) is 1. The minimum absolute atomic E-state index is 0.0952. The maximum atomic E-state index is 12.4. The van der Waals surface area contributed by atoms with Crippen molar-refractivity contribution in [2.24, 2.45) is 0 Å². The molecule has 0 unspecified atom stereocenters. The first-order chi connectivity index (χ1) is 9.11. The normalized spacial score (nSPS) is 10.3. The van der Waals surface area contributed by atoms with Crippen molar-refractivity contribution in [3.63, 3.8) is 0 Å². The molecule has 1 amide bonds. The maximum Gasteiger partial charge on any atom is 0.255 e. The Bertz CT molecular complexity index is 566. The number of furan rings is 1. The van der Waals surface area contributed by atoms with Gasteiger partial charge in [0.2, 0.25) is 0 Å². The summed E-state index contributed by atoms with van der Waals surface area (Å²) in [5.41, 5.74) is 0.563. The minimum atomic E-state index is -0.0952. The molecular weight excluding hydrogens is 310 g/mol. The van der Waals surface area contributed by atoms with Crippen LogP contribution in [-0.4, -0.2) is 25.0 Å². The number of carbonyl (C=O) groups is 1. The Morgan fingerprint density at radius 2 is 2.21 bits per heavy atom. The topological polar surface area (TPSA) is 42.7 Å². The second kappa shape index (κ2) is 5.93. The van der Waals surface area contributed by atoms with Crippen molar-refractivity contribution in [1.29, 1.82) is 0 Å². The van der Waals surface area contributed by atoms with Gasteiger partial charge in [0.25, 0.3) is 5.91 Å². The highest BCUT2D eigenvalue weighted by molar-refractivity contribution is 9.10. The SMILES string of the molecule is COc1ccc(Br)c(C(=O)N(C)Cc2ccco2)c1. The first kappa shape index (κ1) is 13.7. The molecule has 0 aliphatic rings. The number of amides is 1. The molecule has 0 aliphatic heterocycles. The number of benzene rings is 1. The van der Waals surface area contributed by atoms with E-state index in [-0.39, 0.29) is 5.91 Å². The van der Waals surface area contributed by atoms with E-state index in [4.69, 9.17) is 9.15 Å². The lowest BCUT2D eigenvalue weighted by atomic mass is 10.2. The van der Waals surface area contributed by atoms with Crippen LogP contribution in [-0.2, 0) is 6.54 Å². The number of methoxy groups -OCH3 is 1. The molecule has 5 heteroatoms. The van der Waals surface area contributed by atoms with Gasteiger partial charge in [-0.1, -0.05) is 0 Å². The number of rotatable bonds is 4. The number of carbonyl (C=O) groups excluding carboxylic acids is 1. The Morgan fingerprint density at radius 1 is 1.42 bits per heavy atom. The van der Waals surface area contributed by atoms with Gasteiger partial charge in [0.15, 0.2) is 0 Å². The average Bonchev–Trinajstić information content (AvgIpc) is 2.91. The van der Waals surface area contributed by atoms with Crippen LogP contribution in [0.5, 0.6) is 5.75 Å². The van der Waals surface area contributed by atoms with Crippen LogP contribution in [0, 0.1) is 0 Å². The van der Waals surface area contributed by atoms with Crippen LogP contribution in [0.1, 0.15) is 16.1 Å². The first-order valence-electron chi connectivity index (χ1n) is 5.73. The Morgan fingerprint density at radius 3 is 2.84 bits per heavy atom. The fourth-order valence-corrected chi connectivity index (χ4v) is 2.13. The Balaban J connectivity index is 2.18. The fourth-order valence-electron chi connectivity index (χ4n) is 1.71. The van der Waals surface area contributed by atoms with Gasteiger partial charge in [0.1, 0.15) is 11.5 Å². The van der Waals surface area contributed by atoms with E-state index in [1.165, 1.54) is 0 Å². The third kappa shape index (κ3) is 3.17. The van der Waals surface area contributed by atoms with Crippen LogP contribution in [0.2, 0.25) is 0 Å². The van der Waals surface area contributed by atoms with Gasteiger partial charge in [-0.2, -0.15) is 0 Å². The molecule has 0 radical (unpaired) electrons. The van der Waals surface area contributed by atoms with Gasteiger partial charge in [-0.15, -0.1) is 0 Å². The van der Waals surface area contributed by atoms with Crippen LogP contribution in [0.3, 0.4) is 0 Å². The number of nitrogens with zero attached hydrogens (tertiary/aromatic N) is 1. The summed E-state index contributed by atoms with van der Waals surface area (Å²) in [7, 11) is 3.31. The second-order valence-corrected chi connectivity index (χ2v) is 4.94. The average molecular weight is 324 g/mol. The Labute approximate surface area is 120 Å². The van der Waals surface area contributed by atoms with Gasteiger partial charge in [0.05, 0.1) is 25.5 Å². The van der Waals surface area contributed by atoms with Crippen molar-refractivity contribution in [3.05, 3.63) is 52.4 Å². The standard InChI is InChI=1S/C14H14BrNO3/c1-16(9-11-4-3-7-19-11)14(17)12-8-10(18-2)5-6-13(12)15/h3-8H,9H2,1-2H3. The van der Waals surface area contributed by atoms with Gasteiger partial charge in [-0.3, -0.25) is 4.79 Å². The van der Waals surface area contributed by atoms with Crippen molar-refractivity contribution in [1.82, 2.24) is 4.90 Å². The van der Waals surface area contributed by atoms with Crippen molar-refractivity contribution in [2.45, 2.75) is 6.54 Å². The molecule has 0 fully saturated rings. The lowest BCUT2D eigenvalue weighted by Crippen LogP contribution is -2.26. The van der Waals surface area contributed by atoms with Crippen molar-refractivity contribution >= 4 is 21.8 Å². The lowest BCUT2D eigenvalue weighted by Gasteiger charge is -2.17. The van der Waals surface area contributed by atoms with E-state index in [1.54, 1.807) is 49.6 Å². The third-order valence-corrected chi connectivity index (χ3v) is 3.42. The van der Waals surface area contributed by atoms with E-state index in [2.05, 4.69) is 15.9 Å². The van der Waals surface area contributed by atoms with Crippen LogP contribution in [0.15, 0.2) is 45.5 Å². The molecule has 4 nitrogen and oxygen atoms in total. The second-order valence-electron chi connectivity index (χ2n) is 4.09. The van der Waals surface area contributed by atoms with Gasteiger partial charge < -0.3 is 14.1 Å². The summed E-state index contributed by atoms with van der Waals surface area (Å²) in [6.45, 7) is 0.426. The monoisotopic (exact) mass is 323 g/mol. The molecule has 0 N–H and O–H groups in total. The quantitative estimate of drug-likeness (QED) is 0.866. The molecule has 0 aliphatic carbocycles. The summed E-state index contributed by atoms with van der Waals surface area (Å²) in [5, 5.41) is 0. The summed E-state index contributed by atoms with van der Waals surface area (Å²) in [6, 6.07) is 8.95. The van der Waals surface area contributed by atoms with E-state index in [1.807, 2.05) is 6.07 Å². The molecule has 0 spiro atoms. The third-order valence-electron chi connectivity index (χ3n) is 2.72. The molecule has 0 saturated carbocycles. The summed E-state index contributed by atoms with van der Waals surface area (Å²) < 4.78 is 11.1. The van der Waals surface area contributed by atoms with E-state index in [9.17, 15) is 4.79 Å². The molecule has 19 heavy (non-hydrogen) atoms. The predicted molar refractivity (Wildman–Crippen MR) is 75.2 cm³/mol. The van der Waals surface area contributed by atoms with E-state index < -0.39 is 0 Å². The minimum Gasteiger partial charge on any atom is -0.497 e. The molecule has 1 aromatic heterocycles. The molecule has 0 atom stereocenters. The van der Waals surface area contributed by atoms with Gasteiger partial charge >= 0.3 is 0 Å². The van der Waals surface area contributed by atoms with Gasteiger partial charge in [0, 0.05) is 11.5 Å². The molecular formula is C14H14BrNO3. The van der Waals surface area contributed by atoms with Gasteiger partial charge in [-0.05, 0) is 46.3 Å². The van der Waals surface area contributed by atoms with E-state index in [0.29, 0.717) is 17.9 Å². The number of halogens is 1. The first-order valence-corrected chi connectivity index (χ1v) is 6.52. The van der Waals surface area contributed by atoms with E-state index >= 15 is 0 Å². The maximum absolute atomic E-state index is 12.4. The highest BCUT2D eigenvalue weighted by Crippen LogP contribution is 2.24. The number of hydrogen-bond acceptors (Lipinski definition) is 3. The highest BCUT2D eigenvalue weighted by Gasteiger charge is 2.16. The molecule has 0 bridgehead atoms. The molecule has 0 saturated heterocycles. The van der Waals surface area contributed by atoms with Gasteiger partial charge in [-0.25, -0.2) is 0 Å². The van der Waals surface area contributed by atoms with Crippen molar-refractivity contribution in [3.8, 4) is 5.75 Å². The van der Waals surface area contributed by atoms with Crippen molar-refractivity contribution < 1.29 is 13.9 Å².